The van der Waals surface area contributed by atoms with E-state index < -0.39 is 29.5 Å². The zero-order chi connectivity index (χ0) is 20.3. The van der Waals surface area contributed by atoms with E-state index in [1.165, 1.54) is 21.1 Å². The summed E-state index contributed by atoms with van der Waals surface area (Å²) in [7, 11) is 2.36. The number of alkyl carbamates (subject to hydrolysis) is 1. The van der Waals surface area contributed by atoms with Crippen LogP contribution in [0.25, 0.3) is 0 Å². The lowest BCUT2D eigenvalue weighted by atomic mass is 9.87. The molecule has 0 bridgehead atoms. The maximum Gasteiger partial charge on any atom is 0.408 e. The topological polar surface area (TPSA) is 115 Å². The van der Waals surface area contributed by atoms with E-state index in [1.807, 2.05) is 36.4 Å². The first-order valence-electron chi connectivity index (χ1n) is 8.38. The molecule has 2 atom stereocenters. The summed E-state index contributed by atoms with van der Waals surface area (Å²) in [6, 6.07) is 11.3. The Morgan fingerprint density at radius 2 is 1.85 bits per heavy atom. The molecule has 1 aromatic rings. The van der Waals surface area contributed by atoms with Crippen molar-refractivity contribution >= 4 is 18.0 Å². The van der Waals surface area contributed by atoms with Gasteiger partial charge in [-0.1, -0.05) is 30.3 Å². The Hall–Kier alpha value is -3.08. The van der Waals surface area contributed by atoms with Crippen LogP contribution in [0.4, 0.5) is 4.79 Å². The number of carbonyl (C=O) groups excluding carboxylic acids is 3. The van der Waals surface area contributed by atoms with Crippen molar-refractivity contribution in [3.63, 3.8) is 0 Å². The van der Waals surface area contributed by atoms with Gasteiger partial charge in [0.15, 0.2) is 0 Å². The molecule has 146 valence electrons. The first-order chi connectivity index (χ1) is 12.9. The lowest BCUT2D eigenvalue weighted by Gasteiger charge is -2.29. The molecule has 0 aliphatic carbocycles. The van der Waals surface area contributed by atoms with Gasteiger partial charge in [0.2, 0.25) is 0 Å². The van der Waals surface area contributed by atoms with Gasteiger partial charge in [0, 0.05) is 12.8 Å². The van der Waals surface area contributed by atoms with Crippen molar-refractivity contribution in [3.05, 3.63) is 35.9 Å². The van der Waals surface area contributed by atoms with Crippen LogP contribution in [0.5, 0.6) is 0 Å². The number of nitriles is 1. The molecule has 0 fully saturated rings. The number of amides is 1. The summed E-state index contributed by atoms with van der Waals surface area (Å²) < 4.78 is 14.5. The van der Waals surface area contributed by atoms with Crippen molar-refractivity contribution in [2.45, 2.75) is 31.7 Å². The lowest BCUT2D eigenvalue weighted by molar-refractivity contribution is -0.151. The first-order valence-corrected chi connectivity index (χ1v) is 8.38. The minimum absolute atomic E-state index is 0.117. The summed E-state index contributed by atoms with van der Waals surface area (Å²) in [5.41, 5.74) is -0.547. The largest absolute Gasteiger partial charge is 0.469 e. The molecule has 1 N–H and O–H groups in total. The second kappa shape index (κ2) is 10.8. The Morgan fingerprint density at radius 1 is 1.19 bits per heavy atom. The molecule has 0 saturated carbocycles. The van der Waals surface area contributed by atoms with Gasteiger partial charge in [0.1, 0.15) is 5.54 Å². The number of methoxy groups -OCH3 is 2. The van der Waals surface area contributed by atoms with Crippen molar-refractivity contribution in [2.24, 2.45) is 5.92 Å². The zero-order valence-electron chi connectivity index (χ0n) is 15.7. The molecule has 0 heterocycles. The molecular formula is C19H24N2O6. The second-order valence-electron chi connectivity index (χ2n) is 6.11. The van der Waals surface area contributed by atoms with Gasteiger partial charge in [0.25, 0.3) is 0 Å². The normalized spacial score (nSPS) is 13.4. The van der Waals surface area contributed by atoms with Crippen LogP contribution in [0.3, 0.4) is 0 Å². The Labute approximate surface area is 158 Å². The van der Waals surface area contributed by atoms with Crippen molar-refractivity contribution in [1.29, 1.82) is 5.26 Å². The Kier molecular flexibility index (Phi) is 8.79. The minimum atomic E-state index is -1.55. The van der Waals surface area contributed by atoms with Gasteiger partial charge in [0.05, 0.1) is 32.8 Å². The van der Waals surface area contributed by atoms with E-state index in [2.05, 4.69) is 10.1 Å². The molecule has 0 aliphatic heterocycles. The van der Waals surface area contributed by atoms with Crippen molar-refractivity contribution in [1.82, 2.24) is 5.32 Å². The predicted octanol–water partition coefficient (Wildman–Crippen LogP) is 1.98. The predicted molar refractivity (Wildman–Crippen MR) is 95.4 cm³/mol. The van der Waals surface area contributed by atoms with Crippen molar-refractivity contribution in [2.75, 3.05) is 20.8 Å². The average molecular weight is 376 g/mol. The van der Waals surface area contributed by atoms with E-state index in [4.69, 9.17) is 14.7 Å². The molecule has 0 aliphatic rings. The fourth-order valence-electron chi connectivity index (χ4n) is 2.59. The number of ether oxygens (including phenoxy) is 3. The van der Waals surface area contributed by atoms with Gasteiger partial charge in [-0.25, -0.2) is 9.59 Å². The molecule has 1 rings (SSSR count). The standard InChI is InChI=1S/C19H24N2O6/c1-19(17(23)26-3,13-15(9-11-20)16(22)25-2)21-18(24)27-12-10-14-7-5-4-6-8-14/h4-8,15H,9-10,12-13H2,1-3H3,(H,21,24)/t15?,19-/m0/s1. The average Bonchev–Trinajstić information content (AvgIpc) is 2.67. The van der Waals surface area contributed by atoms with Gasteiger partial charge in [-0.3, -0.25) is 4.79 Å². The number of esters is 2. The Bertz CT molecular complexity index is 685. The zero-order valence-corrected chi connectivity index (χ0v) is 15.7. The number of rotatable bonds is 9. The SMILES string of the molecule is COC(=O)C(CC#N)C[C@](C)(NC(=O)OCCc1ccccc1)C(=O)OC. The second-order valence-corrected chi connectivity index (χ2v) is 6.11. The lowest BCUT2D eigenvalue weighted by Crippen LogP contribution is -2.54. The number of nitrogens with one attached hydrogen (secondary N) is 1. The van der Waals surface area contributed by atoms with Crippen LogP contribution in [-0.4, -0.2) is 44.4 Å². The summed E-state index contributed by atoms with van der Waals surface area (Å²) in [6.07, 6.45) is -0.625. The molecule has 27 heavy (non-hydrogen) atoms. The molecule has 1 amide bonds. The summed E-state index contributed by atoms with van der Waals surface area (Å²) >= 11 is 0. The van der Waals surface area contributed by atoms with E-state index in [-0.39, 0.29) is 19.4 Å². The Balaban J connectivity index is 2.74. The summed E-state index contributed by atoms with van der Waals surface area (Å²) in [6.45, 7) is 1.52. The summed E-state index contributed by atoms with van der Waals surface area (Å²) in [4.78, 5) is 36.1. The third-order valence-corrected chi connectivity index (χ3v) is 4.01. The summed E-state index contributed by atoms with van der Waals surface area (Å²) in [5, 5.41) is 11.3. The number of nitrogens with zero attached hydrogens (tertiary/aromatic N) is 1. The molecule has 0 saturated heterocycles. The third kappa shape index (κ3) is 6.98. The quantitative estimate of drug-likeness (QED) is 0.517. The van der Waals surface area contributed by atoms with Crippen LogP contribution >= 0.6 is 0 Å². The molecule has 0 radical (unpaired) electrons. The summed E-state index contributed by atoms with van der Waals surface area (Å²) in [5.74, 6) is -2.30. The van der Waals surface area contributed by atoms with Gasteiger partial charge in [-0.05, 0) is 18.9 Å². The monoisotopic (exact) mass is 376 g/mol. The fraction of sp³-hybridized carbons (Fsp3) is 0.474. The highest BCUT2D eigenvalue weighted by Gasteiger charge is 2.41. The first kappa shape index (κ1) is 22.0. The number of carbonyl (C=O) groups is 3. The van der Waals surface area contributed by atoms with Gasteiger partial charge in [-0.2, -0.15) is 5.26 Å². The van der Waals surface area contributed by atoms with Gasteiger partial charge < -0.3 is 19.5 Å². The highest BCUT2D eigenvalue weighted by Crippen LogP contribution is 2.22. The minimum Gasteiger partial charge on any atom is -0.469 e. The molecule has 8 nitrogen and oxygen atoms in total. The van der Waals surface area contributed by atoms with Crippen LogP contribution in [0.1, 0.15) is 25.3 Å². The van der Waals surface area contributed by atoms with Crippen LogP contribution in [0.2, 0.25) is 0 Å². The maximum absolute atomic E-state index is 12.2. The van der Waals surface area contributed by atoms with Crippen LogP contribution < -0.4 is 5.32 Å². The molecule has 1 aromatic carbocycles. The fourth-order valence-corrected chi connectivity index (χ4v) is 2.59. The number of hydrogen-bond donors (Lipinski definition) is 1. The number of hydrogen-bond acceptors (Lipinski definition) is 7. The van der Waals surface area contributed by atoms with Crippen LogP contribution in [0.15, 0.2) is 30.3 Å². The number of benzene rings is 1. The molecule has 0 aromatic heterocycles. The van der Waals surface area contributed by atoms with Gasteiger partial charge in [-0.15, -0.1) is 0 Å². The van der Waals surface area contributed by atoms with E-state index in [0.29, 0.717) is 6.42 Å². The molecule has 8 heteroatoms. The molecule has 1 unspecified atom stereocenters. The van der Waals surface area contributed by atoms with E-state index in [9.17, 15) is 14.4 Å². The third-order valence-electron chi connectivity index (χ3n) is 4.01. The molecule has 0 spiro atoms. The van der Waals surface area contributed by atoms with E-state index >= 15 is 0 Å². The van der Waals surface area contributed by atoms with Gasteiger partial charge >= 0.3 is 18.0 Å². The highest BCUT2D eigenvalue weighted by atomic mass is 16.6. The van der Waals surface area contributed by atoms with E-state index in [1.54, 1.807) is 0 Å². The maximum atomic E-state index is 12.2. The van der Waals surface area contributed by atoms with Crippen molar-refractivity contribution < 1.29 is 28.6 Å². The molecular weight excluding hydrogens is 352 g/mol. The van der Waals surface area contributed by atoms with Crippen LogP contribution in [-0.2, 0) is 30.2 Å². The van der Waals surface area contributed by atoms with E-state index in [0.717, 1.165) is 5.56 Å². The smallest absolute Gasteiger partial charge is 0.408 e. The highest BCUT2D eigenvalue weighted by molar-refractivity contribution is 5.86. The Morgan fingerprint density at radius 3 is 2.41 bits per heavy atom. The van der Waals surface area contributed by atoms with Crippen molar-refractivity contribution in [3.8, 4) is 6.07 Å². The van der Waals surface area contributed by atoms with Crippen LogP contribution in [0, 0.1) is 17.2 Å².